The highest BCUT2D eigenvalue weighted by molar-refractivity contribution is 7.21. The van der Waals surface area contributed by atoms with Crippen LogP contribution in [0.1, 0.15) is 12.8 Å². The van der Waals surface area contributed by atoms with Crippen LogP contribution in [0.4, 0.5) is 28.4 Å². The summed E-state index contributed by atoms with van der Waals surface area (Å²) in [5, 5.41) is 13.5. The summed E-state index contributed by atoms with van der Waals surface area (Å²) >= 11 is 0. The molecule has 0 N–H and O–H groups in total. The van der Waals surface area contributed by atoms with Crippen molar-refractivity contribution in [2.75, 3.05) is 9.80 Å². The first-order valence-corrected chi connectivity index (χ1v) is 26.7. The van der Waals surface area contributed by atoms with Crippen LogP contribution in [-0.4, -0.2) is 16.1 Å². The van der Waals surface area contributed by atoms with Gasteiger partial charge >= 0.3 is 0 Å². The maximum Gasteiger partial charge on any atom is 0.184 e. The normalized spacial score (nSPS) is 15.6. The minimum Gasteiger partial charge on any atom is -0.454 e. The summed E-state index contributed by atoms with van der Waals surface area (Å²) in [6.45, 7) is 0. The Labute approximate surface area is 381 Å². The Morgan fingerprint density at radius 1 is 0.385 bits per heavy atom. The van der Waals surface area contributed by atoms with Crippen molar-refractivity contribution in [3.8, 4) is 0 Å². The Morgan fingerprint density at radius 2 is 0.846 bits per heavy atom. The fraction of sp³-hybridized carbons (Fsp3) is 0.0333. The molecule has 0 atom stereocenters. The molecule has 13 rings (SSSR count). The molecular weight excluding hydrogens is 821 g/mol. The molecule has 1 aliphatic carbocycles. The molecule has 0 radical (unpaired) electrons. The summed E-state index contributed by atoms with van der Waals surface area (Å²) in [5.41, 5.74) is 8.87. The van der Waals surface area contributed by atoms with Crippen LogP contribution in [0.5, 0.6) is 0 Å². The number of furan rings is 1. The van der Waals surface area contributed by atoms with Gasteiger partial charge in [0.15, 0.2) is 21.7 Å². The van der Waals surface area contributed by atoms with E-state index in [2.05, 4.69) is 252 Å². The molecular formula is C60H44N2OSi2. The molecule has 0 fully saturated rings. The Balaban J connectivity index is 1.02. The highest BCUT2D eigenvalue weighted by Gasteiger charge is 2.51. The second-order valence-corrected chi connectivity index (χ2v) is 25.0. The number of hydrogen-bond donors (Lipinski definition) is 0. The molecule has 3 aliphatic rings. The largest absolute Gasteiger partial charge is 0.454 e. The SMILES string of the molecule is C1=CC2=C(CC1)[Si](c1ccccc1)(c1ccccc1)c1ccccc1N2c1cccc2c1oc1ccc(N3c4ccccc4[Si](c4ccccc4)(c4ccccc4)c4ccccc43)cc12. The predicted molar refractivity (Wildman–Crippen MR) is 277 cm³/mol. The van der Waals surface area contributed by atoms with E-state index in [4.69, 9.17) is 4.42 Å². The van der Waals surface area contributed by atoms with Crippen LogP contribution >= 0.6 is 0 Å². The monoisotopic (exact) mass is 864 g/mol. The molecule has 3 heterocycles. The Morgan fingerprint density at radius 3 is 1.40 bits per heavy atom. The van der Waals surface area contributed by atoms with Crippen molar-refractivity contribution in [2.24, 2.45) is 0 Å². The third kappa shape index (κ3) is 5.40. The fourth-order valence-electron chi connectivity index (χ4n) is 11.8. The molecule has 0 unspecified atom stereocenters. The van der Waals surface area contributed by atoms with E-state index in [1.54, 1.807) is 5.20 Å². The van der Waals surface area contributed by atoms with E-state index >= 15 is 0 Å². The molecule has 5 heteroatoms. The highest BCUT2D eigenvalue weighted by Crippen LogP contribution is 2.47. The quantitative estimate of drug-likeness (QED) is 0.155. The number of anilines is 5. The lowest BCUT2D eigenvalue weighted by atomic mass is 10.1. The van der Waals surface area contributed by atoms with Crippen LogP contribution in [0, 0.1) is 0 Å². The smallest absolute Gasteiger partial charge is 0.184 e. The number of fused-ring (bicyclic) bond motifs is 6. The Bertz CT molecular complexity index is 3380. The third-order valence-corrected chi connectivity index (χ3v) is 24.2. The average Bonchev–Trinajstić information content (AvgIpc) is 3.77. The minimum atomic E-state index is -2.73. The summed E-state index contributed by atoms with van der Waals surface area (Å²) in [4.78, 5) is 5.00. The molecule has 10 aromatic rings. The van der Waals surface area contributed by atoms with Crippen molar-refractivity contribution in [1.82, 2.24) is 0 Å². The number of nitrogens with zero attached hydrogens (tertiary/aromatic N) is 2. The first kappa shape index (κ1) is 37.8. The van der Waals surface area contributed by atoms with Crippen molar-refractivity contribution < 1.29 is 4.42 Å². The van der Waals surface area contributed by atoms with Crippen LogP contribution in [0.15, 0.2) is 258 Å². The standard InChI is InChI=1S/C60H44N2OSi2/c1-5-22-44(23-6-1)64(45-24-7-2-8-25-45)56-36-17-13-31-50(56)61(51-32-14-18-37-57(51)64)43-40-41-55-49(42-43)48-30-21-35-54(60(48)63-55)62-52-33-15-19-38-58(52)65(46-26-9-3-10-27-46,47-28-11-4-12-29-47)59-39-20-16-34-53(59)62/h1-19,21-38,40-42H,20,39H2. The van der Waals surface area contributed by atoms with Gasteiger partial charge in [-0.25, -0.2) is 0 Å². The van der Waals surface area contributed by atoms with Gasteiger partial charge in [0.25, 0.3) is 0 Å². The number of benzene rings is 9. The lowest BCUT2D eigenvalue weighted by Crippen LogP contribution is -2.77. The van der Waals surface area contributed by atoms with Crippen LogP contribution < -0.4 is 46.1 Å². The van der Waals surface area contributed by atoms with E-state index in [1.807, 2.05) is 0 Å². The van der Waals surface area contributed by atoms with Crippen molar-refractivity contribution in [1.29, 1.82) is 0 Å². The molecule has 0 saturated heterocycles. The number of hydrogen-bond acceptors (Lipinski definition) is 3. The fourth-order valence-corrected chi connectivity index (χ4v) is 22.2. The van der Waals surface area contributed by atoms with Crippen molar-refractivity contribution >= 4 is 103 Å². The van der Waals surface area contributed by atoms with Crippen molar-refractivity contribution in [3.63, 3.8) is 0 Å². The molecule has 0 saturated carbocycles. The second-order valence-electron chi connectivity index (χ2n) is 17.4. The molecule has 3 nitrogen and oxygen atoms in total. The number of rotatable bonds is 6. The topological polar surface area (TPSA) is 19.6 Å². The van der Waals surface area contributed by atoms with Crippen molar-refractivity contribution in [2.45, 2.75) is 12.8 Å². The van der Waals surface area contributed by atoms with E-state index < -0.39 is 16.1 Å². The maximum absolute atomic E-state index is 7.09. The molecule has 308 valence electrons. The van der Waals surface area contributed by atoms with Gasteiger partial charge in [-0.1, -0.05) is 194 Å². The molecule has 0 amide bonds. The highest BCUT2D eigenvalue weighted by atomic mass is 28.3. The lowest BCUT2D eigenvalue weighted by molar-refractivity contribution is 0.668. The predicted octanol–water partition coefficient (Wildman–Crippen LogP) is 10.5. The van der Waals surface area contributed by atoms with Gasteiger partial charge in [-0.15, -0.1) is 0 Å². The van der Waals surface area contributed by atoms with Crippen LogP contribution in [0.25, 0.3) is 21.9 Å². The summed E-state index contributed by atoms with van der Waals surface area (Å²) in [5.74, 6) is 0. The van der Waals surface area contributed by atoms with E-state index in [0.29, 0.717) is 0 Å². The summed E-state index contributed by atoms with van der Waals surface area (Å²) in [6.07, 6.45) is 6.77. The lowest BCUT2D eigenvalue weighted by Gasteiger charge is -2.47. The van der Waals surface area contributed by atoms with E-state index in [-0.39, 0.29) is 0 Å². The van der Waals surface area contributed by atoms with Gasteiger partial charge in [0.2, 0.25) is 0 Å². The average molecular weight is 865 g/mol. The molecule has 9 aromatic carbocycles. The van der Waals surface area contributed by atoms with Gasteiger partial charge in [-0.05, 0) is 103 Å². The van der Waals surface area contributed by atoms with Gasteiger partial charge < -0.3 is 14.2 Å². The summed E-state index contributed by atoms with van der Waals surface area (Å²) in [6, 6.07) is 86.0. The van der Waals surface area contributed by atoms with E-state index in [9.17, 15) is 0 Å². The second kappa shape index (κ2) is 15.0. The van der Waals surface area contributed by atoms with Crippen LogP contribution in [0.3, 0.4) is 0 Å². The van der Waals surface area contributed by atoms with Gasteiger partial charge in [-0.3, -0.25) is 0 Å². The first-order chi connectivity index (χ1) is 32.3. The third-order valence-electron chi connectivity index (χ3n) is 14.3. The van der Waals surface area contributed by atoms with Crippen LogP contribution in [0.2, 0.25) is 0 Å². The number of allylic oxidation sites excluding steroid dienone is 3. The molecule has 0 bridgehead atoms. The maximum atomic E-state index is 7.09. The Kier molecular flexibility index (Phi) is 8.70. The molecule has 1 aromatic heterocycles. The van der Waals surface area contributed by atoms with Gasteiger partial charge in [0, 0.05) is 39.2 Å². The Hall–Kier alpha value is -7.71. The molecule has 65 heavy (non-hydrogen) atoms. The van der Waals surface area contributed by atoms with E-state index in [1.165, 1.54) is 59.1 Å². The van der Waals surface area contributed by atoms with Gasteiger partial charge in [-0.2, -0.15) is 0 Å². The van der Waals surface area contributed by atoms with E-state index in [0.717, 1.165) is 46.2 Å². The summed E-state index contributed by atoms with van der Waals surface area (Å²) in [7, 11) is -5.41. The first-order valence-electron chi connectivity index (χ1n) is 22.7. The van der Waals surface area contributed by atoms with Crippen molar-refractivity contribution in [3.05, 3.63) is 254 Å². The zero-order valence-electron chi connectivity index (χ0n) is 35.8. The van der Waals surface area contributed by atoms with Gasteiger partial charge in [0.05, 0.1) is 5.69 Å². The zero-order valence-corrected chi connectivity index (χ0v) is 37.8. The van der Waals surface area contributed by atoms with Gasteiger partial charge in [0.1, 0.15) is 5.58 Å². The van der Waals surface area contributed by atoms with Crippen LogP contribution in [-0.2, 0) is 0 Å². The minimum absolute atomic E-state index is 0.878. The summed E-state index contributed by atoms with van der Waals surface area (Å²) < 4.78 is 7.09. The zero-order chi connectivity index (χ0) is 43.0. The number of para-hydroxylation sites is 4. The molecule has 0 spiro atoms. The molecule has 2 aliphatic heterocycles.